The first-order valence-electron chi connectivity index (χ1n) is 15.0. The monoisotopic (exact) mass is 540 g/mol. The van der Waals surface area contributed by atoms with Crippen molar-refractivity contribution in [2.75, 3.05) is 6.61 Å². The van der Waals surface area contributed by atoms with Crippen LogP contribution in [0.25, 0.3) is 0 Å². The van der Waals surface area contributed by atoms with Gasteiger partial charge in [-0.25, -0.2) is 4.79 Å². The summed E-state index contributed by atoms with van der Waals surface area (Å²) < 4.78 is 0. The van der Waals surface area contributed by atoms with E-state index in [1.54, 1.807) is 13.8 Å². The van der Waals surface area contributed by atoms with E-state index in [0.717, 1.165) is 64.2 Å². The molecular formula is C30H52O8. The van der Waals surface area contributed by atoms with Gasteiger partial charge in [0.15, 0.2) is 0 Å². The van der Waals surface area contributed by atoms with Gasteiger partial charge in [-0.3, -0.25) is 9.59 Å². The Hall–Kier alpha value is -1.67. The lowest BCUT2D eigenvalue weighted by Gasteiger charge is -2.39. The van der Waals surface area contributed by atoms with Gasteiger partial charge in [0.1, 0.15) is 0 Å². The van der Waals surface area contributed by atoms with Crippen LogP contribution in [0.3, 0.4) is 0 Å². The number of carboxylic acids is 2. The molecule has 0 saturated heterocycles. The Morgan fingerprint density at radius 2 is 1.37 bits per heavy atom. The van der Waals surface area contributed by atoms with Crippen molar-refractivity contribution in [2.45, 2.75) is 117 Å². The molecule has 4 N–H and O–H groups in total. The Morgan fingerprint density at radius 1 is 0.842 bits per heavy atom. The molecule has 8 heteroatoms. The molecule has 38 heavy (non-hydrogen) atoms. The van der Waals surface area contributed by atoms with Gasteiger partial charge in [-0.1, -0.05) is 77.6 Å². The van der Waals surface area contributed by atoms with Crippen molar-refractivity contribution in [3.8, 4) is 0 Å². The third kappa shape index (κ3) is 8.94. The zero-order valence-corrected chi connectivity index (χ0v) is 23.8. The molecule has 2 bridgehead atoms. The Kier molecular flexibility index (Phi) is 13.5. The van der Waals surface area contributed by atoms with Crippen LogP contribution in [-0.4, -0.2) is 45.1 Å². The molecule has 7 unspecified atom stereocenters. The van der Waals surface area contributed by atoms with Gasteiger partial charge in [-0.05, 0) is 69.1 Å². The number of hydrogen-bond acceptors (Lipinski definition) is 6. The topological polar surface area (TPSA) is 141 Å². The lowest BCUT2D eigenvalue weighted by molar-refractivity contribution is -0.244. The minimum Gasteiger partial charge on any atom is -0.481 e. The van der Waals surface area contributed by atoms with Crippen molar-refractivity contribution in [3.05, 3.63) is 0 Å². The summed E-state index contributed by atoms with van der Waals surface area (Å²) in [7, 11) is 0. The summed E-state index contributed by atoms with van der Waals surface area (Å²) in [4.78, 5) is 39.8. The van der Waals surface area contributed by atoms with E-state index in [-0.39, 0.29) is 30.3 Å². The van der Waals surface area contributed by atoms with E-state index in [1.807, 2.05) is 0 Å². The highest BCUT2D eigenvalue weighted by Gasteiger charge is 2.56. The molecule has 220 valence electrons. The number of rotatable bonds is 20. The number of carbonyl (C=O) groups excluding carboxylic acids is 1. The van der Waals surface area contributed by atoms with Crippen molar-refractivity contribution in [1.82, 2.24) is 0 Å². The Labute approximate surface area is 228 Å². The number of fused-ring (bicyclic) bond motifs is 2. The largest absolute Gasteiger partial charge is 0.481 e. The minimum absolute atomic E-state index is 0.0657. The summed E-state index contributed by atoms with van der Waals surface area (Å²) in [6, 6.07) is 0. The van der Waals surface area contributed by atoms with E-state index in [9.17, 15) is 29.7 Å². The molecule has 8 nitrogen and oxygen atoms in total. The van der Waals surface area contributed by atoms with Crippen molar-refractivity contribution in [2.24, 2.45) is 46.8 Å². The Bertz CT molecular complexity index is 751. The van der Waals surface area contributed by atoms with Crippen LogP contribution in [0.5, 0.6) is 0 Å². The molecule has 0 spiro atoms. The Balaban J connectivity index is 1.61. The van der Waals surface area contributed by atoms with Crippen molar-refractivity contribution in [3.63, 3.8) is 0 Å². The number of carboxylic acid groups (broad SMARTS) is 2. The highest BCUT2D eigenvalue weighted by atomic mass is 17.1. The number of unbranched alkanes of at least 4 members (excludes halogenated alkanes) is 10. The molecule has 0 aromatic rings. The zero-order chi connectivity index (χ0) is 28.3. The van der Waals surface area contributed by atoms with E-state index < -0.39 is 35.2 Å². The second-order valence-corrected chi connectivity index (χ2v) is 12.8. The number of aliphatic hydroxyl groups excluding tert-OH is 1. The second-order valence-electron chi connectivity index (χ2n) is 12.8. The van der Waals surface area contributed by atoms with Crippen molar-refractivity contribution >= 4 is 17.9 Å². The van der Waals surface area contributed by atoms with Crippen LogP contribution >= 0.6 is 0 Å². The maximum atomic E-state index is 12.3. The maximum absolute atomic E-state index is 12.3. The van der Waals surface area contributed by atoms with Gasteiger partial charge in [0.25, 0.3) is 0 Å². The zero-order valence-electron chi connectivity index (χ0n) is 23.8. The molecular weight excluding hydrogens is 488 g/mol. The number of aliphatic hydroxyl groups is 1. The first kappa shape index (κ1) is 32.5. The van der Waals surface area contributed by atoms with Gasteiger partial charge in [-0.15, -0.1) is 0 Å². The molecule has 2 rings (SSSR count). The molecule has 2 aliphatic rings. The van der Waals surface area contributed by atoms with Crippen LogP contribution < -0.4 is 0 Å². The molecule has 0 aliphatic heterocycles. The summed E-state index contributed by atoms with van der Waals surface area (Å²) in [5.74, 6) is -3.62. The Morgan fingerprint density at radius 3 is 1.82 bits per heavy atom. The van der Waals surface area contributed by atoms with Gasteiger partial charge in [-0.2, -0.15) is 5.26 Å². The van der Waals surface area contributed by atoms with Crippen LogP contribution in [0.4, 0.5) is 0 Å². The van der Waals surface area contributed by atoms with Gasteiger partial charge in [0.05, 0.1) is 17.3 Å². The summed E-state index contributed by atoms with van der Waals surface area (Å²) in [5, 5.41) is 38.3. The van der Waals surface area contributed by atoms with Gasteiger partial charge in [0.2, 0.25) is 0 Å². The summed E-state index contributed by atoms with van der Waals surface area (Å²) in [5.41, 5.74) is -0.647. The number of hydrogen-bond donors (Lipinski definition) is 4. The average molecular weight is 541 g/mol. The van der Waals surface area contributed by atoms with Crippen LogP contribution in [0.2, 0.25) is 0 Å². The van der Waals surface area contributed by atoms with Gasteiger partial charge in [0, 0.05) is 6.61 Å². The maximum Gasteiger partial charge on any atom is 0.347 e. The fourth-order valence-corrected chi connectivity index (χ4v) is 7.42. The lowest BCUT2D eigenvalue weighted by atomic mass is 9.65. The van der Waals surface area contributed by atoms with E-state index in [0.29, 0.717) is 18.8 Å². The number of carbonyl (C=O) groups is 3. The van der Waals surface area contributed by atoms with Crippen molar-refractivity contribution < 1.29 is 39.8 Å². The van der Waals surface area contributed by atoms with E-state index >= 15 is 0 Å². The highest BCUT2D eigenvalue weighted by molar-refractivity contribution is 5.80. The smallest absolute Gasteiger partial charge is 0.347 e. The molecule has 0 aromatic heterocycles. The molecule has 2 saturated carbocycles. The molecule has 2 fully saturated rings. The quantitative estimate of drug-likeness (QED) is 0.0789. The third-order valence-corrected chi connectivity index (χ3v) is 9.77. The fraction of sp³-hybridized carbons (Fsp3) is 0.900. The van der Waals surface area contributed by atoms with Crippen LogP contribution in [0, 0.1) is 46.8 Å². The molecule has 0 amide bonds. The average Bonchev–Trinajstić information content (AvgIpc) is 3.43. The fourth-order valence-electron chi connectivity index (χ4n) is 7.42. The normalized spacial score (nSPS) is 26.3. The van der Waals surface area contributed by atoms with E-state index in [2.05, 4.69) is 11.8 Å². The first-order chi connectivity index (χ1) is 18.0. The molecule has 2 aliphatic carbocycles. The van der Waals surface area contributed by atoms with Gasteiger partial charge >= 0.3 is 17.9 Å². The van der Waals surface area contributed by atoms with Gasteiger partial charge < -0.3 is 20.2 Å². The van der Waals surface area contributed by atoms with Crippen LogP contribution in [0.15, 0.2) is 0 Å². The summed E-state index contributed by atoms with van der Waals surface area (Å²) in [6.07, 6.45) is 14.6. The van der Waals surface area contributed by atoms with Crippen LogP contribution in [-0.2, 0) is 19.3 Å². The molecule has 0 radical (unpaired) electrons. The third-order valence-electron chi connectivity index (χ3n) is 9.77. The SMILES string of the molecule is CC1C2CC(CO)C(C2)C1C(C(=O)O)C(CCCCCCCCCCCCCC(C)(C)C(=O)OO)C(=O)O. The molecule has 0 aromatic carbocycles. The summed E-state index contributed by atoms with van der Waals surface area (Å²) >= 11 is 0. The highest BCUT2D eigenvalue weighted by Crippen LogP contribution is 2.58. The van der Waals surface area contributed by atoms with E-state index in [4.69, 9.17) is 5.26 Å². The van der Waals surface area contributed by atoms with E-state index in [1.165, 1.54) is 19.3 Å². The van der Waals surface area contributed by atoms with Crippen molar-refractivity contribution in [1.29, 1.82) is 0 Å². The molecule has 7 atom stereocenters. The predicted molar refractivity (Wildman–Crippen MR) is 144 cm³/mol. The molecule has 0 heterocycles. The summed E-state index contributed by atoms with van der Waals surface area (Å²) in [6.45, 7) is 5.71. The predicted octanol–water partition coefficient (Wildman–Crippen LogP) is 6.40. The second kappa shape index (κ2) is 15.8. The lowest BCUT2D eigenvalue weighted by Crippen LogP contribution is -2.43. The number of aliphatic carboxylic acids is 2. The van der Waals surface area contributed by atoms with Crippen LogP contribution in [0.1, 0.15) is 117 Å². The minimum atomic E-state index is -0.996. The standard InChI is InChI=1S/C30H52O8/c1-20-21-17-22(19-31)24(18-21)25(20)26(28(34)35)23(27(32)33)15-13-11-9-7-5-4-6-8-10-12-14-16-30(2,3)29(36)38-37/h20-26,31,37H,4-19H2,1-3H3,(H,32,33)(H,34,35). The first-order valence-corrected chi connectivity index (χ1v) is 15.0.